The summed E-state index contributed by atoms with van der Waals surface area (Å²) in [4.78, 5) is 32.1. The second kappa shape index (κ2) is 18.0. The molecule has 5 unspecified atom stereocenters. The van der Waals surface area contributed by atoms with E-state index in [-0.39, 0.29) is 25.4 Å². The molecule has 0 aliphatic heterocycles. The number of carbonyl (C=O) groups is 3. The van der Waals surface area contributed by atoms with Gasteiger partial charge in [0.05, 0.1) is 44.6 Å². The minimum absolute atomic E-state index is 0.0170. The molecule has 0 bridgehead atoms. The average Bonchev–Trinajstić information content (AvgIpc) is 2.66. The standard InChI is InChI=1S/C10H16O7.C9H20O4/c1-2-3-4-17-8(10(15)16)6(9(13)14)5-7(11)12;1-7(11)5-12-9(3)6-13-8(2)4-10/h6,8H,2-5H2,1H3,(H,11,12)(H,13,14)(H,15,16);7-11H,4-6H2,1-3H3. The number of hydrogen-bond acceptors (Lipinski definition) is 8. The van der Waals surface area contributed by atoms with Gasteiger partial charge in [0.15, 0.2) is 6.10 Å². The number of aliphatic carboxylic acids is 3. The highest BCUT2D eigenvalue weighted by Crippen LogP contribution is 2.14. The maximum Gasteiger partial charge on any atom is 0.333 e. The van der Waals surface area contributed by atoms with Crippen molar-refractivity contribution < 1.29 is 54.1 Å². The molecule has 0 aromatic heterocycles. The molecule has 5 N–H and O–H groups in total. The van der Waals surface area contributed by atoms with Crippen molar-refractivity contribution >= 4 is 17.9 Å². The number of carboxylic acids is 3. The van der Waals surface area contributed by atoms with E-state index in [9.17, 15) is 14.4 Å². The van der Waals surface area contributed by atoms with Crippen molar-refractivity contribution in [2.75, 3.05) is 26.4 Å². The lowest BCUT2D eigenvalue weighted by Crippen LogP contribution is -2.38. The van der Waals surface area contributed by atoms with Gasteiger partial charge in [-0.3, -0.25) is 9.59 Å². The molecule has 0 fully saturated rings. The van der Waals surface area contributed by atoms with Crippen LogP contribution in [-0.4, -0.2) is 94.3 Å². The van der Waals surface area contributed by atoms with Gasteiger partial charge in [-0.25, -0.2) is 4.79 Å². The van der Waals surface area contributed by atoms with E-state index in [1.807, 2.05) is 13.8 Å². The van der Waals surface area contributed by atoms with Crippen LogP contribution in [0.3, 0.4) is 0 Å². The topological polar surface area (TPSA) is 180 Å². The highest BCUT2D eigenvalue weighted by molar-refractivity contribution is 5.85. The van der Waals surface area contributed by atoms with Crippen molar-refractivity contribution in [2.24, 2.45) is 5.92 Å². The molecule has 0 amide bonds. The third-order valence-corrected chi connectivity index (χ3v) is 3.61. The summed E-state index contributed by atoms with van der Waals surface area (Å²) >= 11 is 0. The Hall–Kier alpha value is -1.79. The van der Waals surface area contributed by atoms with Crippen LogP contribution < -0.4 is 0 Å². The van der Waals surface area contributed by atoms with Crippen LogP contribution in [0, 0.1) is 5.92 Å². The molecule has 0 aliphatic carbocycles. The van der Waals surface area contributed by atoms with Gasteiger partial charge in [0, 0.05) is 6.61 Å². The number of aliphatic hydroxyl groups excluding tert-OH is 2. The minimum Gasteiger partial charge on any atom is -0.481 e. The lowest BCUT2D eigenvalue weighted by Gasteiger charge is -2.19. The van der Waals surface area contributed by atoms with Crippen LogP contribution in [0.15, 0.2) is 0 Å². The molecule has 0 saturated carbocycles. The summed E-state index contributed by atoms with van der Waals surface area (Å²) in [6, 6.07) is 0. The molecule has 0 saturated heterocycles. The first-order chi connectivity index (χ1) is 14.0. The van der Waals surface area contributed by atoms with Gasteiger partial charge in [-0.2, -0.15) is 0 Å². The van der Waals surface area contributed by atoms with Crippen LogP contribution in [0.1, 0.15) is 47.0 Å². The van der Waals surface area contributed by atoms with Crippen LogP contribution in [0.4, 0.5) is 0 Å². The van der Waals surface area contributed by atoms with E-state index in [1.54, 1.807) is 13.8 Å². The van der Waals surface area contributed by atoms with Crippen molar-refractivity contribution in [2.45, 2.75) is 71.4 Å². The maximum absolute atomic E-state index is 10.8. The van der Waals surface area contributed by atoms with E-state index in [4.69, 9.17) is 39.7 Å². The lowest BCUT2D eigenvalue weighted by molar-refractivity contribution is -0.166. The summed E-state index contributed by atoms with van der Waals surface area (Å²) < 4.78 is 15.4. The van der Waals surface area contributed by atoms with Gasteiger partial charge in [0.1, 0.15) is 5.92 Å². The average molecular weight is 440 g/mol. The fourth-order valence-corrected chi connectivity index (χ4v) is 1.93. The summed E-state index contributed by atoms with van der Waals surface area (Å²) in [5.41, 5.74) is 0. The van der Waals surface area contributed by atoms with Crippen LogP contribution in [0.2, 0.25) is 0 Å². The fraction of sp³-hybridized carbons (Fsp3) is 0.842. The summed E-state index contributed by atoms with van der Waals surface area (Å²) in [6.07, 6.45) is -1.71. The molecular formula is C19H36O11. The smallest absolute Gasteiger partial charge is 0.333 e. The minimum atomic E-state index is -1.63. The molecule has 0 aliphatic rings. The lowest BCUT2D eigenvalue weighted by atomic mass is 9.98. The van der Waals surface area contributed by atoms with E-state index >= 15 is 0 Å². The Labute approximate surface area is 176 Å². The number of carboxylic acid groups (broad SMARTS) is 3. The summed E-state index contributed by atoms with van der Waals surface area (Å²) in [5.74, 6) is -5.91. The molecular weight excluding hydrogens is 404 g/mol. The third kappa shape index (κ3) is 17.1. The predicted octanol–water partition coefficient (Wildman–Crippen LogP) is 0.602. The molecule has 0 spiro atoms. The first kappa shape index (κ1) is 30.4. The quantitative estimate of drug-likeness (QED) is 0.212. The molecule has 0 aromatic rings. The number of hydrogen-bond donors (Lipinski definition) is 5. The highest BCUT2D eigenvalue weighted by Gasteiger charge is 2.36. The normalized spacial score (nSPS) is 15.8. The Bertz CT molecular complexity index is 481. The number of ether oxygens (including phenoxy) is 3. The van der Waals surface area contributed by atoms with Crippen molar-refractivity contribution in [3.63, 3.8) is 0 Å². The highest BCUT2D eigenvalue weighted by atomic mass is 16.5. The second-order valence-electron chi connectivity index (χ2n) is 6.85. The molecule has 0 heterocycles. The summed E-state index contributed by atoms with van der Waals surface area (Å²) in [7, 11) is 0. The molecule has 30 heavy (non-hydrogen) atoms. The molecule has 5 atom stereocenters. The van der Waals surface area contributed by atoms with Gasteiger partial charge >= 0.3 is 17.9 Å². The molecule has 0 aromatic carbocycles. The number of unbranched alkanes of at least 4 members (excludes halogenated alkanes) is 1. The van der Waals surface area contributed by atoms with Gasteiger partial charge in [0.25, 0.3) is 0 Å². The van der Waals surface area contributed by atoms with Crippen molar-refractivity contribution in [1.29, 1.82) is 0 Å². The maximum atomic E-state index is 10.8. The first-order valence-corrected chi connectivity index (χ1v) is 9.77. The summed E-state index contributed by atoms with van der Waals surface area (Å²) in [5, 5.41) is 43.7. The SMILES string of the molecule is CC(O)COC(C)COC(C)CO.CCCCOC(C(=O)O)C(CC(=O)O)C(=O)O. The number of aliphatic hydroxyl groups is 2. The molecule has 0 radical (unpaired) electrons. The van der Waals surface area contributed by atoms with E-state index in [2.05, 4.69) is 0 Å². The van der Waals surface area contributed by atoms with Crippen molar-refractivity contribution in [1.82, 2.24) is 0 Å². The van der Waals surface area contributed by atoms with Crippen LogP contribution in [0.25, 0.3) is 0 Å². The largest absolute Gasteiger partial charge is 0.481 e. The van der Waals surface area contributed by atoms with Crippen LogP contribution in [-0.2, 0) is 28.6 Å². The van der Waals surface area contributed by atoms with Gasteiger partial charge in [-0.05, 0) is 27.2 Å². The predicted molar refractivity (Wildman–Crippen MR) is 105 cm³/mol. The zero-order chi connectivity index (χ0) is 23.7. The van der Waals surface area contributed by atoms with Crippen LogP contribution >= 0.6 is 0 Å². The van der Waals surface area contributed by atoms with E-state index in [0.717, 1.165) is 6.42 Å². The van der Waals surface area contributed by atoms with Gasteiger partial charge in [-0.15, -0.1) is 0 Å². The van der Waals surface area contributed by atoms with E-state index in [0.29, 0.717) is 19.6 Å². The number of rotatable bonds is 16. The monoisotopic (exact) mass is 440 g/mol. The first-order valence-electron chi connectivity index (χ1n) is 9.77. The molecule has 11 nitrogen and oxygen atoms in total. The Morgan fingerprint density at radius 2 is 1.43 bits per heavy atom. The fourth-order valence-electron chi connectivity index (χ4n) is 1.93. The zero-order valence-corrected chi connectivity index (χ0v) is 18.0. The van der Waals surface area contributed by atoms with E-state index < -0.39 is 42.5 Å². The van der Waals surface area contributed by atoms with E-state index in [1.165, 1.54) is 0 Å². The van der Waals surface area contributed by atoms with Crippen molar-refractivity contribution in [3.8, 4) is 0 Å². The Kier molecular flexibility index (Phi) is 18.3. The van der Waals surface area contributed by atoms with Crippen molar-refractivity contribution in [3.05, 3.63) is 0 Å². The summed E-state index contributed by atoms with van der Waals surface area (Å²) in [6.45, 7) is 8.06. The zero-order valence-electron chi connectivity index (χ0n) is 18.0. The second-order valence-corrected chi connectivity index (χ2v) is 6.85. The Balaban J connectivity index is 0. The van der Waals surface area contributed by atoms with Gasteiger partial charge in [-0.1, -0.05) is 13.3 Å². The van der Waals surface area contributed by atoms with Crippen LogP contribution in [0.5, 0.6) is 0 Å². The molecule has 178 valence electrons. The Morgan fingerprint density at radius 3 is 1.83 bits per heavy atom. The van der Waals surface area contributed by atoms with Gasteiger partial charge in [0.2, 0.25) is 0 Å². The Morgan fingerprint density at radius 1 is 0.867 bits per heavy atom. The van der Waals surface area contributed by atoms with Gasteiger partial charge < -0.3 is 39.7 Å². The third-order valence-electron chi connectivity index (χ3n) is 3.61. The molecule has 11 heteroatoms. The molecule has 0 rings (SSSR count).